The lowest BCUT2D eigenvalue weighted by Crippen LogP contribution is -2.00. The zero-order valence-electron chi connectivity index (χ0n) is 32.1. The van der Waals surface area contributed by atoms with E-state index in [-0.39, 0.29) is 0 Å². The number of hydrogen-bond acceptors (Lipinski definition) is 6. The van der Waals surface area contributed by atoms with Crippen molar-refractivity contribution in [2.75, 3.05) is 0 Å². The van der Waals surface area contributed by atoms with Crippen LogP contribution in [0.2, 0.25) is 0 Å². The minimum absolute atomic E-state index is 0.599. The Balaban J connectivity index is 0.910. The lowest BCUT2D eigenvalue weighted by Gasteiger charge is -2.13. The summed E-state index contributed by atoms with van der Waals surface area (Å²) in [5.74, 6) is 2.51. The maximum atomic E-state index is 6.57. The van der Waals surface area contributed by atoms with Crippen LogP contribution < -0.4 is 0 Å². The van der Waals surface area contributed by atoms with Gasteiger partial charge in [0.2, 0.25) is 5.89 Å². The first kappa shape index (κ1) is 33.9. The van der Waals surface area contributed by atoms with E-state index in [1.807, 2.05) is 91.0 Å². The number of nitrogens with zero attached hydrogens (tertiary/aromatic N) is 4. The van der Waals surface area contributed by atoms with Gasteiger partial charge in [0.15, 0.2) is 23.1 Å². The molecule has 0 aliphatic carbocycles. The monoisotopic (exact) mass is 768 g/mol. The molecule has 0 atom stereocenters. The van der Waals surface area contributed by atoms with E-state index in [9.17, 15) is 0 Å². The molecule has 3 aromatic heterocycles. The number of furan rings is 1. The summed E-state index contributed by atoms with van der Waals surface area (Å²) in [6.45, 7) is 0. The Bertz CT molecular complexity index is 3530. The van der Waals surface area contributed by atoms with Gasteiger partial charge in [0.05, 0.1) is 5.39 Å². The molecule has 60 heavy (non-hydrogen) atoms. The normalized spacial score (nSPS) is 11.7. The van der Waals surface area contributed by atoms with Crippen LogP contribution in [-0.4, -0.2) is 19.9 Å². The van der Waals surface area contributed by atoms with Crippen molar-refractivity contribution in [2.45, 2.75) is 0 Å². The summed E-state index contributed by atoms with van der Waals surface area (Å²) in [5.41, 5.74) is 11.3. The van der Waals surface area contributed by atoms with Crippen molar-refractivity contribution in [1.29, 1.82) is 0 Å². The molecule has 3 heterocycles. The van der Waals surface area contributed by atoms with Crippen LogP contribution in [0.15, 0.2) is 203 Å². The minimum atomic E-state index is 0.599. The van der Waals surface area contributed by atoms with Crippen LogP contribution in [0.4, 0.5) is 0 Å². The van der Waals surface area contributed by atoms with Gasteiger partial charge in [-0.2, -0.15) is 0 Å². The molecular formula is C54H32N4O2. The van der Waals surface area contributed by atoms with Crippen LogP contribution in [0.25, 0.3) is 122 Å². The molecule has 0 radical (unpaired) electrons. The molecule has 0 spiro atoms. The predicted octanol–water partition coefficient (Wildman–Crippen LogP) is 14.2. The average molecular weight is 769 g/mol. The topological polar surface area (TPSA) is 77.8 Å². The maximum Gasteiger partial charge on any atom is 0.227 e. The SMILES string of the molecule is c1ccc(-c2nc(-c3ccccc3)nc(-c3ccc(-c4ccc(-c5ccc6c(c5)oc5ccc7nc(-c8cccc9ccccc89)oc7c56)c5ccccc45)cc3)n2)cc1. The molecule has 0 N–H and O–H groups in total. The second-order valence-electron chi connectivity index (χ2n) is 15.0. The Hall–Kier alpha value is -8.22. The van der Waals surface area contributed by atoms with Crippen LogP contribution in [0.3, 0.4) is 0 Å². The van der Waals surface area contributed by atoms with Crippen LogP contribution in [0.5, 0.6) is 0 Å². The standard InChI is InChI=1S/C54H32N4O2/c1-3-13-35(14-4-1)51-56-52(36-15-5-2-6-16-36)58-53(57-51)37-24-22-34(23-25-37)40-28-29-41(43-20-10-9-19-42(40)43)38-26-27-45-48(32-38)59-47-31-30-46-50(49(45)47)60-54(55-46)44-21-11-17-33-12-7-8-18-39(33)44/h1-32H. The van der Waals surface area contributed by atoms with E-state index in [2.05, 4.69) is 103 Å². The zero-order chi connectivity index (χ0) is 39.6. The molecule has 12 rings (SSSR count). The summed E-state index contributed by atoms with van der Waals surface area (Å²) < 4.78 is 13.1. The molecule has 6 nitrogen and oxygen atoms in total. The lowest BCUT2D eigenvalue weighted by atomic mass is 9.91. The van der Waals surface area contributed by atoms with Crippen molar-refractivity contribution in [2.24, 2.45) is 0 Å². The van der Waals surface area contributed by atoms with E-state index in [0.717, 1.165) is 99.1 Å². The first-order chi connectivity index (χ1) is 29.7. The molecule has 0 saturated heterocycles. The molecular weight excluding hydrogens is 737 g/mol. The fourth-order valence-electron chi connectivity index (χ4n) is 8.48. The van der Waals surface area contributed by atoms with E-state index in [4.69, 9.17) is 28.8 Å². The number of aromatic nitrogens is 4. The van der Waals surface area contributed by atoms with Crippen LogP contribution in [-0.2, 0) is 0 Å². The van der Waals surface area contributed by atoms with Crippen molar-refractivity contribution in [3.63, 3.8) is 0 Å². The number of benzene rings is 9. The molecule has 0 amide bonds. The van der Waals surface area contributed by atoms with Crippen molar-refractivity contribution in [1.82, 2.24) is 19.9 Å². The van der Waals surface area contributed by atoms with E-state index in [0.29, 0.717) is 23.4 Å². The molecule has 6 heteroatoms. The lowest BCUT2D eigenvalue weighted by molar-refractivity contribution is 0.623. The summed E-state index contributed by atoms with van der Waals surface area (Å²) in [5, 5.41) is 6.50. The average Bonchev–Trinajstić information content (AvgIpc) is 3.93. The smallest absolute Gasteiger partial charge is 0.227 e. The summed E-state index contributed by atoms with van der Waals surface area (Å²) in [7, 11) is 0. The molecule has 0 aliphatic rings. The van der Waals surface area contributed by atoms with E-state index < -0.39 is 0 Å². The van der Waals surface area contributed by atoms with Gasteiger partial charge in [-0.15, -0.1) is 0 Å². The summed E-state index contributed by atoms with van der Waals surface area (Å²) in [4.78, 5) is 19.7. The third-order valence-corrected chi connectivity index (χ3v) is 11.4. The van der Waals surface area contributed by atoms with Gasteiger partial charge in [-0.3, -0.25) is 0 Å². The van der Waals surface area contributed by atoms with Gasteiger partial charge in [0.25, 0.3) is 0 Å². The number of oxazole rings is 1. The van der Waals surface area contributed by atoms with Gasteiger partial charge >= 0.3 is 0 Å². The molecule has 12 aromatic rings. The first-order valence-electron chi connectivity index (χ1n) is 20.0. The van der Waals surface area contributed by atoms with Gasteiger partial charge in [0.1, 0.15) is 16.7 Å². The van der Waals surface area contributed by atoms with E-state index in [1.165, 1.54) is 0 Å². The van der Waals surface area contributed by atoms with Crippen molar-refractivity contribution in [3.8, 4) is 67.9 Å². The molecule has 280 valence electrons. The fourth-order valence-corrected chi connectivity index (χ4v) is 8.48. The molecule has 0 bridgehead atoms. The highest BCUT2D eigenvalue weighted by Crippen LogP contribution is 2.41. The first-order valence-corrected chi connectivity index (χ1v) is 20.0. The Morgan fingerprint density at radius 1 is 0.317 bits per heavy atom. The molecule has 0 unspecified atom stereocenters. The second-order valence-corrected chi connectivity index (χ2v) is 15.0. The third-order valence-electron chi connectivity index (χ3n) is 11.4. The van der Waals surface area contributed by atoms with Gasteiger partial charge in [-0.25, -0.2) is 19.9 Å². The quantitative estimate of drug-likeness (QED) is 0.168. The number of rotatable bonds is 6. The highest BCUT2D eigenvalue weighted by atomic mass is 16.4. The van der Waals surface area contributed by atoms with Gasteiger partial charge in [0, 0.05) is 27.6 Å². The molecule has 0 aliphatic heterocycles. The minimum Gasteiger partial charge on any atom is -0.456 e. The fraction of sp³-hybridized carbons (Fsp3) is 0. The largest absolute Gasteiger partial charge is 0.456 e. The Kier molecular flexibility index (Phi) is 7.74. The predicted molar refractivity (Wildman–Crippen MR) is 242 cm³/mol. The summed E-state index contributed by atoms with van der Waals surface area (Å²) >= 11 is 0. The van der Waals surface area contributed by atoms with Crippen LogP contribution >= 0.6 is 0 Å². The number of hydrogen-bond donors (Lipinski definition) is 0. The Labute approximate surface area is 344 Å². The zero-order valence-corrected chi connectivity index (χ0v) is 32.1. The second kappa shape index (κ2) is 13.7. The highest BCUT2D eigenvalue weighted by Gasteiger charge is 2.19. The van der Waals surface area contributed by atoms with Crippen LogP contribution in [0.1, 0.15) is 0 Å². The molecule has 9 aromatic carbocycles. The Morgan fingerprint density at radius 3 is 1.55 bits per heavy atom. The van der Waals surface area contributed by atoms with Crippen molar-refractivity contribution < 1.29 is 8.83 Å². The Morgan fingerprint density at radius 2 is 0.867 bits per heavy atom. The maximum absolute atomic E-state index is 6.57. The van der Waals surface area contributed by atoms with E-state index >= 15 is 0 Å². The van der Waals surface area contributed by atoms with Gasteiger partial charge in [-0.1, -0.05) is 164 Å². The number of fused-ring (bicyclic) bond motifs is 7. The van der Waals surface area contributed by atoms with Crippen LogP contribution in [0, 0.1) is 0 Å². The summed E-state index contributed by atoms with van der Waals surface area (Å²) in [6.07, 6.45) is 0. The van der Waals surface area contributed by atoms with Gasteiger partial charge < -0.3 is 8.83 Å². The molecule has 0 fully saturated rings. The van der Waals surface area contributed by atoms with Crippen molar-refractivity contribution in [3.05, 3.63) is 194 Å². The molecule has 0 saturated carbocycles. The summed E-state index contributed by atoms with van der Waals surface area (Å²) in [6, 6.07) is 66.6. The van der Waals surface area contributed by atoms with E-state index in [1.54, 1.807) is 0 Å². The van der Waals surface area contributed by atoms with Gasteiger partial charge in [-0.05, 0) is 74.1 Å². The third kappa shape index (κ3) is 5.65. The highest BCUT2D eigenvalue weighted by molar-refractivity contribution is 6.17. The van der Waals surface area contributed by atoms with Crippen molar-refractivity contribution >= 4 is 54.6 Å².